The van der Waals surface area contributed by atoms with Gasteiger partial charge in [-0.15, -0.1) is 0 Å². The van der Waals surface area contributed by atoms with Crippen molar-refractivity contribution in [2.75, 3.05) is 31.7 Å². The molecule has 2 aliphatic heterocycles. The zero-order valence-electron chi connectivity index (χ0n) is 12.2. The van der Waals surface area contributed by atoms with Crippen LogP contribution in [0.3, 0.4) is 0 Å². The summed E-state index contributed by atoms with van der Waals surface area (Å²) in [7, 11) is 0. The molecule has 110 valence electrons. The van der Waals surface area contributed by atoms with Gasteiger partial charge in [-0.25, -0.2) is 9.97 Å². The van der Waals surface area contributed by atoms with E-state index in [1.54, 1.807) is 0 Å². The van der Waals surface area contributed by atoms with E-state index in [9.17, 15) is 0 Å². The highest BCUT2D eigenvalue weighted by molar-refractivity contribution is 5.47. The summed E-state index contributed by atoms with van der Waals surface area (Å²) in [6, 6.07) is 0. The van der Waals surface area contributed by atoms with Gasteiger partial charge in [0.2, 0.25) is 0 Å². The second kappa shape index (κ2) is 6.50. The minimum atomic E-state index is 0.444. The predicted octanol–water partition coefficient (Wildman–Crippen LogP) is 2.27. The molecule has 5 nitrogen and oxygen atoms in total. The van der Waals surface area contributed by atoms with Crippen LogP contribution < -0.4 is 5.32 Å². The van der Waals surface area contributed by atoms with E-state index in [4.69, 9.17) is 19.4 Å². The standard InChI is InChI=1S/C15H23N3O2/c1-2-6-16-15-12-10-20-9-5-13(12)17-14(18-15)11-3-7-19-8-4-11/h11H,2-10H2,1H3,(H,16,17,18). The van der Waals surface area contributed by atoms with Crippen molar-refractivity contribution in [3.63, 3.8) is 0 Å². The molecule has 3 rings (SSSR count). The van der Waals surface area contributed by atoms with Gasteiger partial charge in [-0.05, 0) is 19.3 Å². The number of ether oxygens (including phenoxy) is 2. The van der Waals surface area contributed by atoms with E-state index in [0.717, 1.165) is 69.3 Å². The van der Waals surface area contributed by atoms with E-state index in [-0.39, 0.29) is 0 Å². The maximum atomic E-state index is 5.56. The molecular formula is C15H23N3O2. The Kier molecular flexibility index (Phi) is 4.47. The van der Waals surface area contributed by atoms with Crippen LogP contribution in [0.1, 0.15) is 49.2 Å². The highest BCUT2D eigenvalue weighted by Crippen LogP contribution is 2.29. The molecule has 20 heavy (non-hydrogen) atoms. The van der Waals surface area contributed by atoms with Crippen LogP contribution in [0.5, 0.6) is 0 Å². The van der Waals surface area contributed by atoms with Crippen LogP contribution in [0.25, 0.3) is 0 Å². The van der Waals surface area contributed by atoms with Gasteiger partial charge in [0.15, 0.2) is 0 Å². The number of hydrogen-bond donors (Lipinski definition) is 1. The molecule has 0 amide bonds. The Labute approximate surface area is 120 Å². The Balaban J connectivity index is 1.89. The summed E-state index contributed by atoms with van der Waals surface area (Å²) in [6.45, 7) is 6.16. The molecule has 2 aliphatic rings. The number of rotatable bonds is 4. The van der Waals surface area contributed by atoms with Crippen LogP contribution in [0.2, 0.25) is 0 Å². The largest absolute Gasteiger partial charge is 0.381 e. The molecule has 1 aromatic heterocycles. The smallest absolute Gasteiger partial charge is 0.135 e. The highest BCUT2D eigenvalue weighted by atomic mass is 16.5. The molecule has 0 bridgehead atoms. The van der Waals surface area contributed by atoms with Gasteiger partial charge in [-0.2, -0.15) is 0 Å². The first-order valence-corrected chi connectivity index (χ1v) is 7.67. The monoisotopic (exact) mass is 277 g/mol. The lowest BCUT2D eigenvalue weighted by Crippen LogP contribution is -2.22. The van der Waals surface area contributed by atoms with E-state index < -0.39 is 0 Å². The molecule has 0 saturated carbocycles. The van der Waals surface area contributed by atoms with Crippen molar-refractivity contribution in [2.45, 2.75) is 45.1 Å². The fourth-order valence-electron chi connectivity index (χ4n) is 2.78. The summed E-state index contributed by atoms with van der Waals surface area (Å²) in [5.41, 5.74) is 2.33. The van der Waals surface area contributed by atoms with Gasteiger partial charge in [-0.1, -0.05) is 6.92 Å². The Morgan fingerprint density at radius 1 is 1.15 bits per heavy atom. The van der Waals surface area contributed by atoms with Crippen molar-refractivity contribution in [3.8, 4) is 0 Å². The molecule has 1 aromatic rings. The van der Waals surface area contributed by atoms with Gasteiger partial charge < -0.3 is 14.8 Å². The summed E-state index contributed by atoms with van der Waals surface area (Å²) in [5.74, 6) is 2.42. The lowest BCUT2D eigenvalue weighted by atomic mass is 9.98. The van der Waals surface area contributed by atoms with Crippen molar-refractivity contribution < 1.29 is 9.47 Å². The van der Waals surface area contributed by atoms with Gasteiger partial charge in [0.05, 0.1) is 18.9 Å². The number of anilines is 1. The Hall–Kier alpha value is -1.20. The van der Waals surface area contributed by atoms with Crippen LogP contribution in [0.15, 0.2) is 0 Å². The maximum absolute atomic E-state index is 5.56. The molecule has 1 fully saturated rings. The SMILES string of the molecule is CCCNc1nc(C2CCOCC2)nc2c1COCC2. The third kappa shape index (κ3) is 2.94. The fourth-order valence-corrected chi connectivity index (χ4v) is 2.78. The molecule has 5 heteroatoms. The van der Waals surface area contributed by atoms with Gasteiger partial charge in [-0.3, -0.25) is 0 Å². The van der Waals surface area contributed by atoms with Crippen LogP contribution in [-0.2, 0) is 22.5 Å². The third-order valence-electron chi connectivity index (χ3n) is 3.97. The summed E-state index contributed by atoms with van der Waals surface area (Å²) in [6.07, 6.45) is 4.05. The molecule has 0 aliphatic carbocycles. The van der Waals surface area contributed by atoms with Crippen molar-refractivity contribution in [2.24, 2.45) is 0 Å². The Morgan fingerprint density at radius 2 is 2.00 bits per heavy atom. The molecule has 3 heterocycles. The summed E-state index contributed by atoms with van der Waals surface area (Å²) in [5, 5.41) is 3.44. The Bertz CT molecular complexity index is 459. The number of nitrogens with zero attached hydrogens (tertiary/aromatic N) is 2. The number of nitrogens with one attached hydrogen (secondary N) is 1. The van der Waals surface area contributed by atoms with Crippen LogP contribution in [0, 0.1) is 0 Å². The van der Waals surface area contributed by atoms with E-state index in [2.05, 4.69) is 12.2 Å². The van der Waals surface area contributed by atoms with Gasteiger partial charge in [0, 0.05) is 37.7 Å². The maximum Gasteiger partial charge on any atom is 0.135 e. The van der Waals surface area contributed by atoms with Crippen molar-refractivity contribution in [1.29, 1.82) is 0 Å². The van der Waals surface area contributed by atoms with E-state index in [1.807, 2.05) is 0 Å². The molecular weight excluding hydrogens is 254 g/mol. The van der Waals surface area contributed by atoms with E-state index in [1.165, 1.54) is 5.69 Å². The van der Waals surface area contributed by atoms with Gasteiger partial charge in [0.25, 0.3) is 0 Å². The van der Waals surface area contributed by atoms with Crippen LogP contribution in [-0.4, -0.2) is 36.3 Å². The number of aromatic nitrogens is 2. The first-order valence-electron chi connectivity index (χ1n) is 7.67. The quantitative estimate of drug-likeness (QED) is 0.915. The molecule has 0 unspecified atom stereocenters. The average molecular weight is 277 g/mol. The molecule has 0 spiro atoms. The zero-order chi connectivity index (χ0) is 13.8. The highest BCUT2D eigenvalue weighted by Gasteiger charge is 2.23. The minimum Gasteiger partial charge on any atom is -0.381 e. The molecule has 0 radical (unpaired) electrons. The van der Waals surface area contributed by atoms with Crippen molar-refractivity contribution in [3.05, 3.63) is 17.1 Å². The van der Waals surface area contributed by atoms with E-state index in [0.29, 0.717) is 12.5 Å². The first-order chi connectivity index (χ1) is 9.88. The fraction of sp³-hybridized carbons (Fsp3) is 0.733. The molecule has 1 N–H and O–H groups in total. The Morgan fingerprint density at radius 3 is 2.80 bits per heavy atom. The number of fused-ring (bicyclic) bond motifs is 1. The summed E-state index contributed by atoms with van der Waals surface area (Å²) >= 11 is 0. The topological polar surface area (TPSA) is 56.3 Å². The second-order valence-corrected chi connectivity index (χ2v) is 5.47. The normalized spacial score (nSPS) is 19.6. The lowest BCUT2D eigenvalue weighted by molar-refractivity contribution is 0.0830. The molecule has 1 saturated heterocycles. The first kappa shape index (κ1) is 13.8. The second-order valence-electron chi connectivity index (χ2n) is 5.47. The lowest BCUT2D eigenvalue weighted by Gasteiger charge is -2.25. The number of hydrogen-bond acceptors (Lipinski definition) is 5. The van der Waals surface area contributed by atoms with Gasteiger partial charge >= 0.3 is 0 Å². The average Bonchev–Trinajstić information content (AvgIpc) is 2.53. The molecule has 0 atom stereocenters. The minimum absolute atomic E-state index is 0.444. The zero-order valence-corrected chi connectivity index (χ0v) is 12.2. The summed E-state index contributed by atoms with van der Waals surface area (Å²) < 4.78 is 11.0. The predicted molar refractivity (Wildman–Crippen MR) is 77.0 cm³/mol. The van der Waals surface area contributed by atoms with Crippen LogP contribution in [0.4, 0.5) is 5.82 Å². The molecule has 0 aromatic carbocycles. The van der Waals surface area contributed by atoms with E-state index >= 15 is 0 Å². The van der Waals surface area contributed by atoms with Crippen LogP contribution >= 0.6 is 0 Å². The third-order valence-corrected chi connectivity index (χ3v) is 3.97. The summed E-state index contributed by atoms with van der Waals surface area (Å²) in [4.78, 5) is 9.61. The van der Waals surface area contributed by atoms with Gasteiger partial charge in [0.1, 0.15) is 11.6 Å². The van der Waals surface area contributed by atoms with Crippen molar-refractivity contribution >= 4 is 5.82 Å². The van der Waals surface area contributed by atoms with Crippen molar-refractivity contribution in [1.82, 2.24) is 9.97 Å².